The van der Waals surface area contributed by atoms with Crippen LogP contribution in [0.4, 0.5) is 0 Å². The second-order valence-electron chi connectivity index (χ2n) is 4.15. The molecule has 5 heteroatoms. The first-order chi connectivity index (χ1) is 9.72. The van der Waals surface area contributed by atoms with Crippen LogP contribution in [-0.2, 0) is 0 Å². The van der Waals surface area contributed by atoms with Crippen molar-refractivity contribution in [3.8, 4) is 11.5 Å². The number of aromatic nitrogens is 2. The molecule has 1 N–H and O–H groups in total. The van der Waals surface area contributed by atoms with E-state index in [0.717, 1.165) is 10.9 Å². The summed E-state index contributed by atoms with van der Waals surface area (Å²) in [5.74, 6) is -0.0235. The highest BCUT2D eigenvalue weighted by Gasteiger charge is 2.05. The quantitative estimate of drug-likeness (QED) is 0.788. The summed E-state index contributed by atoms with van der Waals surface area (Å²) in [6, 6.07) is 12.5. The summed E-state index contributed by atoms with van der Waals surface area (Å²) in [5, 5.41) is 9.74. The Balaban J connectivity index is 1.87. The van der Waals surface area contributed by atoms with Crippen LogP contribution in [0.5, 0.6) is 11.5 Å². The number of para-hydroxylation sites is 1. The van der Waals surface area contributed by atoms with Crippen LogP contribution in [0.3, 0.4) is 0 Å². The molecule has 0 aliphatic carbocycles. The first kappa shape index (κ1) is 12.1. The van der Waals surface area contributed by atoms with Gasteiger partial charge in [-0.15, -0.1) is 0 Å². The lowest BCUT2D eigenvalue weighted by atomic mass is 10.2. The topological polar surface area (TPSA) is 72.3 Å². The molecule has 0 spiro atoms. The Morgan fingerprint density at radius 2 is 1.80 bits per heavy atom. The zero-order valence-electron chi connectivity index (χ0n) is 10.4. The van der Waals surface area contributed by atoms with Crippen molar-refractivity contribution < 1.29 is 14.6 Å². The van der Waals surface area contributed by atoms with Crippen molar-refractivity contribution in [1.29, 1.82) is 0 Å². The third kappa shape index (κ3) is 2.42. The normalized spacial score (nSPS) is 10.4. The molecule has 2 aromatic heterocycles. The molecule has 98 valence electrons. The second-order valence-corrected chi connectivity index (χ2v) is 4.15. The van der Waals surface area contributed by atoms with Crippen LogP contribution in [0, 0.1) is 0 Å². The zero-order valence-corrected chi connectivity index (χ0v) is 10.4. The van der Waals surface area contributed by atoms with Gasteiger partial charge in [-0.25, -0.2) is 9.78 Å². The number of carboxylic acid groups (broad SMARTS) is 1. The number of pyridine rings is 2. The molecule has 20 heavy (non-hydrogen) atoms. The number of carboxylic acids is 1. The average Bonchev–Trinajstić information content (AvgIpc) is 2.48. The molecule has 0 unspecified atom stereocenters. The molecule has 3 aromatic rings. The number of fused-ring (bicyclic) bond motifs is 1. The summed E-state index contributed by atoms with van der Waals surface area (Å²) in [4.78, 5) is 18.8. The number of carbonyl (C=O) groups is 1. The van der Waals surface area contributed by atoms with Crippen LogP contribution < -0.4 is 4.74 Å². The molecule has 0 saturated heterocycles. The van der Waals surface area contributed by atoms with E-state index in [9.17, 15) is 4.79 Å². The predicted molar refractivity (Wildman–Crippen MR) is 73.0 cm³/mol. The first-order valence-electron chi connectivity index (χ1n) is 5.94. The molecule has 0 aliphatic rings. The van der Waals surface area contributed by atoms with Gasteiger partial charge in [0, 0.05) is 5.39 Å². The van der Waals surface area contributed by atoms with Crippen LogP contribution in [0.1, 0.15) is 10.5 Å². The Labute approximate surface area is 114 Å². The Bertz CT molecular complexity index is 769. The lowest BCUT2D eigenvalue weighted by Crippen LogP contribution is -1.99. The number of aromatic carboxylic acids is 1. The summed E-state index contributed by atoms with van der Waals surface area (Å²) in [6.45, 7) is 0. The van der Waals surface area contributed by atoms with Crippen LogP contribution in [0.15, 0.2) is 54.9 Å². The Morgan fingerprint density at radius 3 is 2.55 bits per heavy atom. The molecule has 0 radical (unpaired) electrons. The molecule has 0 fully saturated rings. The summed E-state index contributed by atoms with van der Waals surface area (Å²) in [5.41, 5.74) is 0.869. The van der Waals surface area contributed by atoms with Crippen molar-refractivity contribution in [3.05, 3.63) is 60.6 Å². The van der Waals surface area contributed by atoms with E-state index in [0.29, 0.717) is 11.5 Å². The molecule has 0 saturated carbocycles. The maximum absolute atomic E-state index is 10.7. The Kier molecular flexibility index (Phi) is 3.01. The van der Waals surface area contributed by atoms with Gasteiger partial charge in [0.2, 0.25) is 0 Å². The molecular weight excluding hydrogens is 256 g/mol. The van der Waals surface area contributed by atoms with Gasteiger partial charge in [-0.3, -0.25) is 4.98 Å². The van der Waals surface area contributed by atoms with Crippen LogP contribution in [0.2, 0.25) is 0 Å². The van der Waals surface area contributed by atoms with Crippen LogP contribution >= 0.6 is 0 Å². The van der Waals surface area contributed by atoms with E-state index in [2.05, 4.69) is 9.97 Å². The first-order valence-corrected chi connectivity index (χ1v) is 5.94. The fraction of sp³-hybridized carbons (Fsp3) is 0. The van der Waals surface area contributed by atoms with Crippen LogP contribution in [-0.4, -0.2) is 21.0 Å². The molecule has 3 rings (SSSR count). The highest BCUT2D eigenvalue weighted by Crippen LogP contribution is 2.23. The smallest absolute Gasteiger partial charge is 0.354 e. The van der Waals surface area contributed by atoms with E-state index in [1.54, 1.807) is 12.3 Å². The minimum atomic E-state index is -1.07. The fourth-order valence-electron chi connectivity index (χ4n) is 1.81. The van der Waals surface area contributed by atoms with Gasteiger partial charge in [0.25, 0.3) is 0 Å². The number of rotatable bonds is 3. The highest BCUT2D eigenvalue weighted by atomic mass is 16.5. The van der Waals surface area contributed by atoms with Crippen LogP contribution in [0.25, 0.3) is 10.9 Å². The molecule has 0 amide bonds. The zero-order chi connectivity index (χ0) is 13.9. The van der Waals surface area contributed by atoms with Gasteiger partial charge in [0.05, 0.1) is 17.9 Å². The number of benzene rings is 1. The van der Waals surface area contributed by atoms with Gasteiger partial charge in [0.15, 0.2) is 0 Å². The molecule has 2 heterocycles. The summed E-state index contributed by atoms with van der Waals surface area (Å²) < 4.78 is 5.60. The van der Waals surface area contributed by atoms with Gasteiger partial charge in [-0.2, -0.15) is 0 Å². The van der Waals surface area contributed by atoms with Crippen molar-refractivity contribution >= 4 is 16.9 Å². The SMILES string of the molecule is O=C(O)c1ccc(Oc2cnc3ccccc3c2)cn1. The van der Waals surface area contributed by atoms with Gasteiger partial charge in [-0.05, 0) is 24.3 Å². The lowest BCUT2D eigenvalue weighted by Gasteiger charge is -2.06. The summed E-state index contributed by atoms with van der Waals surface area (Å²) >= 11 is 0. The van der Waals surface area contributed by atoms with Crippen molar-refractivity contribution in [1.82, 2.24) is 9.97 Å². The lowest BCUT2D eigenvalue weighted by molar-refractivity contribution is 0.0690. The predicted octanol–water partition coefficient (Wildman–Crippen LogP) is 3.12. The van der Waals surface area contributed by atoms with Crippen molar-refractivity contribution in [2.45, 2.75) is 0 Å². The van der Waals surface area contributed by atoms with Crippen molar-refractivity contribution in [3.63, 3.8) is 0 Å². The number of nitrogens with zero attached hydrogens (tertiary/aromatic N) is 2. The molecule has 1 aromatic carbocycles. The number of hydrogen-bond donors (Lipinski definition) is 1. The average molecular weight is 266 g/mol. The molecule has 0 bridgehead atoms. The minimum Gasteiger partial charge on any atom is -0.477 e. The Hall–Kier alpha value is -2.95. The van der Waals surface area contributed by atoms with E-state index in [4.69, 9.17) is 9.84 Å². The van der Waals surface area contributed by atoms with Gasteiger partial charge in [-0.1, -0.05) is 18.2 Å². The van der Waals surface area contributed by atoms with Crippen molar-refractivity contribution in [2.75, 3.05) is 0 Å². The molecular formula is C15H10N2O3. The van der Waals surface area contributed by atoms with E-state index < -0.39 is 5.97 Å². The summed E-state index contributed by atoms with van der Waals surface area (Å²) in [6.07, 6.45) is 2.99. The summed E-state index contributed by atoms with van der Waals surface area (Å²) in [7, 11) is 0. The monoisotopic (exact) mass is 266 g/mol. The van der Waals surface area contributed by atoms with E-state index in [1.807, 2.05) is 30.3 Å². The minimum absolute atomic E-state index is 0.0195. The van der Waals surface area contributed by atoms with Gasteiger partial charge in [0.1, 0.15) is 17.2 Å². The van der Waals surface area contributed by atoms with E-state index in [1.165, 1.54) is 12.3 Å². The van der Waals surface area contributed by atoms with Gasteiger partial charge >= 0.3 is 5.97 Å². The molecule has 0 atom stereocenters. The van der Waals surface area contributed by atoms with E-state index in [-0.39, 0.29) is 5.69 Å². The third-order valence-corrected chi connectivity index (χ3v) is 2.76. The second kappa shape index (κ2) is 4.97. The number of hydrogen-bond acceptors (Lipinski definition) is 4. The largest absolute Gasteiger partial charge is 0.477 e. The fourth-order valence-corrected chi connectivity index (χ4v) is 1.81. The molecule has 5 nitrogen and oxygen atoms in total. The maximum Gasteiger partial charge on any atom is 0.354 e. The van der Waals surface area contributed by atoms with E-state index >= 15 is 0 Å². The Morgan fingerprint density at radius 1 is 1.00 bits per heavy atom. The number of ether oxygens (including phenoxy) is 1. The highest BCUT2D eigenvalue weighted by molar-refractivity contribution is 5.85. The standard InChI is InChI=1S/C15H10N2O3/c18-15(19)14-6-5-11(8-17-14)20-12-7-10-3-1-2-4-13(10)16-9-12/h1-9H,(H,18,19). The molecule has 0 aliphatic heterocycles. The van der Waals surface area contributed by atoms with Crippen molar-refractivity contribution in [2.24, 2.45) is 0 Å². The third-order valence-electron chi connectivity index (χ3n) is 2.76. The maximum atomic E-state index is 10.7. The van der Waals surface area contributed by atoms with Gasteiger partial charge < -0.3 is 9.84 Å².